The van der Waals surface area contributed by atoms with Crippen molar-refractivity contribution in [3.05, 3.63) is 69.3 Å². The Balaban J connectivity index is 2.51. The number of nitro groups is 1. The van der Waals surface area contributed by atoms with Crippen LogP contribution >= 0.6 is 0 Å². The van der Waals surface area contributed by atoms with Gasteiger partial charge in [-0.25, -0.2) is 13.2 Å². The summed E-state index contributed by atoms with van der Waals surface area (Å²) < 4.78 is 25.0. The van der Waals surface area contributed by atoms with Crippen LogP contribution in [0.4, 0.5) is 5.69 Å². The van der Waals surface area contributed by atoms with E-state index in [9.17, 15) is 23.3 Å². The molecular weight excluding hydrogens is 322 g/mol. The summed E-state index contributed by atoms with van der Waals surface area (Å²) in [5, 5.41) is 19.9. The summed E-state index contributed by atoms with van der Waals surface area (Å²) in [4.78, 5) is 20.8. The third-order valence-corrected chi connectivity index (χ3v) is 4.92. The van der Waals surface area contributed by atoms with Crippen LogP contribution in [0.5, 0.6) is 0 Å². The van der Waals surface area contributed by atoms with Crippen LogP contribution in [0, 0.1) is 17.0 Å². The topological polar surface area (TPSA) is 115 Å². The zero-order valence-electron chi connectivity index (χ0n) is 12.1. The molecule has 0 saturated heterocycles. The van der Waals surface area contributed by atoms with Gasteiger partial charge in [-0.05, 0) is 18.6 Å². The molecule has 0 aliphatic rings. The molecule has 0 amide bonds. The molecule has 0 atom stereocenters. The fourth-order valence-electron chi connectivity index (χ4n) is 2.17. The molecule has 0 aliphatic heterocycles. The Labute approximate surface area is 132 Å². The minimum absolute atomic E-state index is 0.382. The smallest absolute Gasteiger partial charge is 0.337 e. The quantitative estimate of drug-likeness (QED) is 0.663. The molecule has 2 aromatic rings. The monoisotopic (exact) mass is 335 g/mol. The highest BCUT2D eigenvalue weighted by Crippen LogP contribution is 2.25. The number of aromatic carboxylic acids is 1. The first-order valence-corrected chi connectivity index (χ1v) is 8.16. The van der Waals surface area contributed by atoms with E-state index in [1.54, 1.807) is 18.2 Å². The molecule has 0 spiro atoms. The molecule has 0 aliphatic carbocycles. The first-order chi connectivity index (χ1) is 10.7. The number of benzene rings is 2. The van der Waals surface area contributed by atoms with Crippen molar-refractivity contribution in [2.45, 2.75) is 17.6 Å². The zero-order chi connectivity index (χ0) is 17.2. The predicted octanol–water partition coefficient (Wildman–Crippen LogP) is 2.58. The molecule has 8 heteroatoms. The number of nitro benzene ring substituents is 1. The number of sulfone groups is 1. The second kappa shape index (κ2) is 6.17. The van der Waals surface area contributed by atoms with Crippen LogP contribution < -0.4 is 0 Å². The molecule has 2 aromatic carbocycles. The van der Waals surface area contributed by atoms with Crippen LogP contribution in [-0.2, 0) is 15.6 Å². The van der Waals surface area contributed by atoms with Crippen LogP contribution in [0.2, 0.25) is 0 Å². The van der Waals surface area contributed by atoms with Gasteiger partial charge >= 0.3 is 5.97 Å². The van der Waals surface area contributed by atoms with E-state index in [2.05, 4.69) is 0 Å². The number of aryl methyl sites for hydroxylation is 1. The van der Waals surface area contributed by atoms with Crippen LogP contribution in [-0.4, -0.2) is 24.4 Å². The van der Waals surface area contributed by atoms with Gasteiger partial charge < -0.3 is 5.11 Å². The average molecular weight is 335 g/mol. The van der Waals surface area contributed by atoms with Gasteiger partial charge in [-0.3, -0.25) is 10.1 Å². The van der Waals surface area contributed by atoms with Gasteiger partial charge in [-0.15, -0.1) is 0 Å². The predicted molar refractivity (Wildman–Crippen MR) is 82.1 cm³/mol. The van der Waals surface area contributed by atoms with Crippen molar-refractivity contribution in [1.29, 1.82) is 0 Å². The van der Waals surface area contributed by atoms with Gasteiger partial charge in [0.15, 0.2) is 9.84 Å². The molecule has 23 heavy (non-hydrogen) atoms. The highest BCUT2D eigenvalue weighted by molar-refractivity contribution is 7.90. The summed E-state index contributed by atoms with van der Waals surface area (Å²) in [5.74, 6) is -1.91. The van der Waals surface area contributed by atoms with E-state index >= 15 is 0 Å². The maximum Gasteiger partial charge on any atom is 0.337 e. The SMILES string of the molecule is Cc1cccc(CS(=O)(=O)c2ccc([N+](=O)[O-])cc2C(=O)O)c1. The highest BCUT2D eigenvalue weighted by Gasteiger charge is 2.25. The summed E-state index contributed by atoms with van der Waals surface area (Å²) in [6, 6.07) is 9.52. The summed E-state index contributed by atoms with van der Waals surface area (Å²) in [5.41, 5.74) is 0.309. The normalized spacial score (nSPS) is 11.2. The van der Waals surface area contributed by atoms with Gasteiger partial charge in [0.1, 0.15) is 0 Å². The maximum atomic E-state index is 12.5. The third kappa shape index (κ3) is 3.72. The Bertz CT molecular complexity index is 889. The third-order valence-electron chi connectivity index (χ3n) is 3.18. The molecule has 7 nitrogen and oxygen atoms in total. The van der Waals surface area contributed by atoms with Crippen molar-refractivity contribution in [3.63, 3.8) is 0 Å². The number of hydrogen-bond acceptors (Lipinski definition) is 5. The molecule has 0 aromatic heterocycles. The van der Waals surface area contributed by atoms with Gasteiger partial charge in [-0.2, -0.15) is 0 Å². The number of carbonyl (C=O) groups is 1. The molecule has 0 unspecified atom stereocenters. The summed E-state index contributed by atoms with van der Waals surface area (Å²) in [7, 11) is -3.95. The van der Waals surface area contributed by atoms with Crippen LogP contribution in [0.25, 0.3) is 0 Å². The van der Waals surface area contributed by atoms with E-state index < -0.39 is 36.9 Å². The molecule has 0 radical (unpaired) electrons. The van der Waals surface area contributed by atoms with Gasteiger partial charge in [0.2, 0.25) is 0 Å². The van der Waals surface area contributed by atoms with Crippen molar-refractivity contribution in [2.75, 3.05) is 0 Å². The molecule has 120 valence electrons. The molecule has 0 bridgehead atoms. The number of hydrogen-bond donors (Lipinski definition) is 1. The Morgan fingerprint density at radius 1 is 1.22 bits per heavy atom. The standard InChI is InChI=1S/C15H13NO6S/c1-10-3-2-4-11(7-10)9-23(21,22)14-6-5-12(16(19)20)8-13(14)15(17)18/h2-8H,9H2,1H3,(H,17,18). The second-order valence-electron chi connectivity index (χ2n) is 4.99. The van der Waals surface area contributed by atoms with E-state index in [0.29, 0.717) is 5.56 Å². The summed E-state index contributed by atoms with van der Waals surface area (Å²) >= 11 is 0. The highest BCUT2D eigenvalue weighted by atomic mass is 32.2. The largest absolute Gasteiger partial charge is 0.478 e. The summed E-state index contributed by atoms with van der Waals surface area (Å²) in [6.07, 6.45) is 0. The Hall–Kier alpha value is -2.74. The fourth-order valence-corrected chi connectivity index (χ4v) is 3.70. The summed E-state index contributed by atoms with van der Waals surface area (Å²) in [6.45, 7) is 1.81. The fraction of sp³-hybridized carbons (Fsp3) is 0.133. The van der Waals surface area contributed by atoms with Crippen LogP contribution in [0.1, 0.15) is 21.5 Å². The van der Waals surface area contributed by atoms with E-state index in [1.165, 1.54) is 0 Å². The first kappa shape index (κ1) is 16.6. The van der Waals surface area contributed by atoms with E-state index in [-0.39, 0.29) is 5.75 Å². The molecule has 0 heterocycles. The van der Waals surface area contributed by atoms with Gasteiger partial charge in [0, 0.05) is 12.1 Å². The van der Waals surface area contributed by atoms with Crippen molar-refractivity contribution in [1.82, 2.24) is 0 Å². The Morgan fingerprint density at radius 2 is 1.91 bits per heavy atom. The van der Waals surface area contributed by atoms with E-state index in [1.807, 2.05) is 13.0 Å². The van der Waals surface area contributed by atoms with Crippen molar-refractivity contribution in [3.8, 4) is 0 Å². The Kier molecular flexibility index (Phi) is 4.46. The number of nitrogens with zero attached hydrogens (tertiary/aromatic N) is 1. The first-order valence-electron chi connectivity index (χ1n) is 6.51. The molecule has 2 rings (SSSR count). The second-order valence-corrected chi connectivity index (χ2v) is 6.95. The molecule has 0 fully saturated rings. The van der Waals surface area contributed by atoms with Crippen LogP contribution in [0.3, 0.4) is 0 Å². The van der Waals surface area contributed by atoms with E-state index in [0.717, 1.165) is 23.8 Å². The molecule has 0 saturated carbocycles. The maximum absolute atomic E-state index is 12.5. The lowest BCUT2D eigenvalue weighted by atomic mass is 10.2. The Morgan fingerprint density at radius 3 is 2.48 bits per heavy atom. The lowest BCUT2D eigenvalue weighted by molar-refractivity contribution is -0.384. The zero-order valence-corrected chi connectivity index (χ0v) is 12.9. The van der Waals surface area contributed by atoms with Gasteiger partial charge in [-0.1, -0.05) is 29.8 Å². The lowest BCUT2D eigenvalue weighted by Gasteiger charge is -2.08. The number of carboxylic acid groups (broad SMARTS) is 1. The van der Waals surface area contributed by atoms with Gasteiger partial charge in [0.05, 0.1) is 21.1 Å². The van der Waals surface area contributed by atoms with Crippen molar-refractivity contribution < 1.29 is 23.2 Å². The van der Waals surface area contributed by atoms with Crippen molar-refractivity contribution in [2.24, 2.45) is 0 Å². The minimum atomic E-state index is -3.95. The molecular formula is C15H13NO6S. The van der Waals surface area contributed by atoms with Gasteiger partial charge in [0.25, 0.3) is 5.69 Å². The number of rotatable bonds is 5. The molecule has 1 N–H and O–H groups in total. The number of non-ortho nitro benzene ring substituents is 1. The average Bonchev–Trinajstić information content (AvgIpc) is 2.46. The van der Waals surface area contributed by atoms with Crippen LogP contribution in [0.15, 0.2) is 47.4 Å². The minimum Gasteiger partial charge on any atom is -0.478 e. The lowest BCUT2D eigenvalue weighted by Crippen LogP contribution is -2.12. The van der Waals surface area contributed by atoms with E-state index in [4.69, 9.17) is 5.11 Å². The number of carboxylic acids is 1. The van der Waals surface area contributed by atoms with Crippen molar-refractivity contribution >= 4 is 21.5 Å².